The Labute approximate surface area is 119 Å². The van der Waals surface area contributed by atoms with Gasteiger partial charge in [-0.1, -0.05) is 30.3 Å². The lowest BCUT2D eigenvalue weighted by Crippen LogP contribution is -1.98. The van der Waals surface area contributed by atoms with Gasteiger partial charge >= 0.3 is 0 Å². The van der Waals surface area contributed by atoms with Gasteiger partial charge in [-0.25, -0.2) is 0 Å². The number of methoxy groups -OCH3 is 1. The van der Waals surface area contributed by atoms with E-state index < -0.39 is 0 Å². The molecule has 3 heteroatoms. The molecule has 0 radical (unpaired) electrons. The molecule has 0 amide bonds. The first-order chi connectivity index (χ1) is 9.83. The van der Waals surface area contributed by atoms with Crippen molar-refractivity contribution < 1.29 is 14.3 Å². The van der Waals surface area contributed by atoms with Crippen molar-refractivity contribution in [3.8, 4) is 11.5 Å². The van der Waals surface area contributed by atoms with E-state index in [2.05, 4.69) is 0 Å². The molecule has 0 aliphatic carbocycles. The summed E-state index contributed by atoms with van der Waals surface area (Å²) in [5.74, 6) is 1.58. The van der Waals surface area contributed by atoms with E-state index in [0.29, 0.717) is 19.4 Å². The van der Waals surface area contributed by atoms with Crippen LogP contribution in [-0.2, 0) is 17.8 Å². The Hall–Kier alpha value is -2.29. The van der Waals surface area contributed by atoms with Crippen LogP contribution in [0.25, 0.3) is 0 Å². The normalized spacial score (nSPS) is 10.1. The number of hydrogen-bond donors (Lipinski definition) is 0. The van der Waals surface area contributed by atoms with Gasteiger partial charge in [-0.05, 0) is 35.7 Å². The summed E-state index contributed by atoms with van der Waals surface area (Å²) in [7, 11) is 1.63. The molecule has 0 aliphatic heterocycles. The van der Waals surface area contributed by atoms with Crippen molar-refractivity contribution in [2.75, 3.05) is 7.11 Å². The lowest BCUT2D eigenvalue weighted by atomic mass is 10.1. The SMILES string of the molecule is COc1ccc(OCc2ccccc2)cc1CCC=O. The van der Waals surface area contributed by atoms with Crippen LogP contribution in [0.5, 0.6) is 11.5 Å². The Morgan fingerprint density at radius 3 is 2.60 bits per heavy atom. The minimum atomic E-state index is 0.485. The van der Waals surface area contributed by atoms with Crippen molar-refractivity contribution in [2.24, 2.45) is 0 Å². The van der Waals surface area contributed by atoms with Crippen LogP contribution >= 0.6 is 0 Å². The van der Waals surface area contributed by atoms with Crippen LogP contribution in [0.2, 0.25) is 0 Å². The molecule has 0 N–H and O–H groups in total. The molecule has 0 heterocycles. The fourth-order valence-corrected chi connectivity index (χ4v) is 2.00. The zero-order valence-electron chi connectivity index (χ0n) is 11.5. The van der Waals surface area contributed by atoms with Crippen LogP contribution in [-0.4, -0.2) is 13.4 Å². The lowest BCUT2D eigenvalue weighted by molar-refractivity contribution is -0.107. The third-order valence-electron chi connectivity index (χ3n) is 3.03. The van der Waals surface area contributed by atoms with Crippen molar-refractivity contribution >= 4 is 6.29 Å². The zero-order valence-corrected chi connectivity index (χ0v) is 11.5. The van der Waals surface area contributed by atoms with Crippen LogP contribution in [0.1, 0.15) is 17.5 Å². The van der Waals surface area contributed by atoms with E-state index in [1.807, 2.05) is 48.5 Å². The van der Waals surface area contributed by atoms with E-state index >= 15 is 0 Å². The summed E-state index contributed by atoms with van der Waals surface area (Å²) in [6.45, 7) is 0.528. The van der Waals surface area contributed by atoms with Gasteiger partial charge in [0.1, 0.15) is 24.4 Å². The standard InChI is InChI=1S/C17H18O3/c1-19-17-10-9-16(12-15(17)8-5-11-18)20-13-14-6-3-2-4-7-14/h2-4,6-7,9-12H,5,8,13H2,1H3. The highest BCUT2D eigenvalue weighted by Gasteiger charge is 2.05. The second kappa shape index (κ2) is 7.34. The van der Waals surface area contributed by atoms with Gasteiger partial charge < -0.3 is 14.3 Å². The van der Waals surface area contributed by atoms with E-state index in [4.69, 9.17) is 9.47 Å². The average Bonchev–Trinajstić information content (AvgIpc) is 2.52. The molecule has 0 aliphatic rings. The van der Waals surface area contributed by atoms with Crippen molar-refractivity contribution in [1.82, 2.24) is 0 Å². The van der Waals surface area contributed by atoms with Crippen molar-refractivity contribution in [2.45, 2.75) is 19.4 Å². The molecule has 2 rings (SSSR count). The predicted octanol–water partition coefficient (Wildman–Crippen LogP) is 3.41. The quantitative estimate of drug-likeness (QED) is 0.723. The average molecular weight is 270 g/mol. The molecule has 104 valence electrons. The molecule has 3 nitrogen and oxygen atoms in total. The Kier molecular flexibility index (Phi) is 5.18. The minimum absolute atomic E-state index is 0.485. The third-order valence-corrected chi connectivity index (χ3v) is 3.03. The fourth-order valence-electron chi connectivity index (χ4n) is 2.00. The maximum absolute atomic E-state index is 10.5. The molecule has 2 aromatic rings. The Bertz CT molecular complexity index is 549. The predicted molar refractivity (Wildman–Crippen MR) is 78.2 cm³/mol. The molecule has 0 atom stereocenters. The highest BCUT2D eigenvalue weighted by atomic mass is 16.5. The van der Waals surface area contributed by atoms with Crippen LogP contribution in [0.3, 0.4) is 0 Å². The zero-order chi connectivity index (χ0) is 14.2. The highest BCUT2D eigenvalue weighted by Crippen LogP contribution is 2.25. The summed E-state index contributed by atoms with van der Waals surface area (Å²) in [6, 6.07) is 15.7. The number of carbonyl (C=O) groups excluding carboxylic acids is 1. The van der Waals surface area contributed by atoms with E-state index in [9.17, 15) is 4.79 Å². The maximum atomic E-state index is 10.5. The van der Waals surface area contributed by atoms with Gasteiger partial charge in [-0.15, -0.1) is 0 Å². The molecule has 20 heavy (non-hydrogen) atoms. The number of carbonyl (C=O) groups is 1. The summed E-state index contributed by atoms with van der Waals surface area (Å²) in [4.78, 5) is 10.5. The third kappa shape index (κ3) is 3.85. The van der Waals surface area contributed by atoms with E-state index in [-0.39, 0.29) is 0 Å². The largest absolute Gasteiger partial charge is 0.496 e. The number of aldehydes is 1. The van der Waals surface area contributed by atoms with Gasteiger partial charge in [-0.2, -0.15) is 0 Å². The molecule has 0 aromatic heterocycles. The van der Waals surface area contributed by atoms with Gasteiger partial charge in [0.25, 0.3) is 0 Å². The molecular weight excluding hydrogens is 252 g/mol. The smallest absolute Gasteiger partial charge is 0.122 e. The number of ether oxygens (including phenoxy) is 2. The molecule has 0 saturated heterocycles. The number of benzene rings is 2. The topological polar surface area (TPSA) is 35.5 Å². The molecule has 0 spiro atoms. The number of hydrogen-bond acceptors (Lipinski definition) is 3. The lowest BCUT2D eigenvalue weighted by Gasteiger charge is -2.11. The van der Waals surface area contributed by atoms with Gasteiger partial charge in [0.15, 0.2) is 0 Å². The summed E-state index contributed by atoms with van der Waals surface area (Å²) in [6.07, 6.45) is 2.06. The van der Waals surface area contributed by atoms with Gasteiger partial charge in [-0.3, -0.25) is 0 Å². The second-order valence-corrected chi connectivity index (χ2v) is 4.45. The summed E-state index contributed by atoms with van der Waals surface area (Å²) in [5.41, 5.74) is 2.11. The Morgan fingerprint density at radius 2 is 1.90 bits per heavy atom. The summed E-state index contributed by atoms with van der Waals surface area (Å²) in [5, 5.41) is 0. The number of rotatable bonds is 7. The molecule has 2 aromatic carbocycles. The van der Waals surface area contributed by atoms with Crippen molar-refractivity contribution in [1.29, 1.82) is 0 Å². The Morgan fingerprint density at radius 1 is 1.10 bits per heavy atom. The van der Waals surface area contributed by atoms with Crippen LogP contribution < -0.4 is 9.47 Å². The van der Waals surface area contributed by atoms with Crippen molar-refractivity contribution in [3.05, 3.63) is 59.7 Å². The monoisotopic (exact) mass is 270 g/mol. The fraction of sp³-hybridized carbons (Fsp3) is 0.235. The first-order valence-corrected chi connectivity index (χ1v) is 6.60. The van der Waals surface area contributed by atoms with E-state index in [0.717, 1.165) is 28.9 Å². The van der Waals surface area contributed by atoms with E-state index in [1.165, 1.54) is 0 Å². The molecule has 0 fully saturated rings. The van der Waals surface area contributed by atoms with Gasteiger partial charge in [0, 0.05) is 6.42 Å². The first kappa shape index (κ1) is 14.1. The highest BCUT2D eigenvalue weighted by molar-refractivity contribution is 5.51. The van der Waals surface area contributed by atoms with E-state index in [1.54, 1.807) is 7.11 Å². The summed E-state index contributed by atoms with van der Waals surface area (Å²) >= 11 is 0. The molecule has 0 bridgehead atoms. The molecule has 0 unspecified atom stereocenters. The van der Waals surface area contributed by atoms with Crippen molar-refractivity contribution in [3.63, 3.8) is 0 Å². The van der Waals surface area contributed by atoms with Gasteiger partial charge in [0.05, 0.1) is 7.11 Å². The molecule has 0 saturated carbocycles. The second-order valence-electron chi connectivity index (χ2n) is 4.45. The Balaban J connectivity index is 2.06. The van der Waals surface area contributed by atoms with Crippen LogP contribution in [0.4, 0.5) is 0 Å². The minimum Gasteiger partial charge on any atom is -0.496 e. The molecular formula is C17H18O3. The van der Waals surface area contributed by atoms with Crippen LogP contribution in [0.15, 0.2) is 48.5 Å². The first-order valence-electron chi connectivity index (χ1n) is 6.60. The number of aryl methyl sites for hydroxylation is 1. The van der Waals surface area contributed by atoms with Gasteiger partial charge in [0.2, 0.25) is 0 Å². The van der Waals surface area contributed by atoms with Crippen LogP contribution in [0, 0.1) is 0 Å². The maximum Gasteiger partial charge on any atom is 0.122 e. The summed E-state index contributed by atoms with van der Waals surface area (Å²) < 4.78 is 11.1.